The zero-order valence-electron chi connectivity index (χ0n) is 33.0. The molecular weight excluding hydrogens is 728 g/mol. The minimum absolute atomic E-state index is 0.0139. The summed E-state index contributed by atoms with van der Waals surface area (Å²) < 4.78 is 50.8. The van der Waals surface area contributed by atoms with Crippen molar-refractivity contribution in [1.29, 1.82) is 0 Å². The van der Waals surface area contributed by atoms with Gasteiger partial charge in [0.05, 0.1) is 25.3 Å². The van der Waals surface area contributed by atoms with E-state index in [1.54, 1.807) is 60.6 Å². The number of carbonyl (C=O) groups is 5. The first-order valence-corrected chi connectivity index (χ1v) is 18.5. The number of rotatable bonds is 18. The fraction of sp³-hybridized carbons (Fsp3) is 0.452. The van der Waals surface area contributed by atoms with Crippen molar-refractivity contribution >= 4 is 29.8 Å². The molecule has 3 amide bonds. The summed E-state index contributed by atoms with van der Waals surface area (Å²) in [5.41, 5.74) is -0.324. The van der Waals surface area contributed by atoms with Gasteiger partial charge in [0.25, 0.3) is 5.91 Å². The lowest BCUT2D eigenvalue weighted by molar-refractivity contribution is -0.158. The molecule has 0 aliphatic rings. The van der Waals surface area contributed by atoms with Gasteiger partial charge in [-0.15, -0.1) is 0 Å². The average molecular weight is 782 g/mol. The van der Waals surface area contributed by atoms with Crippen molar-refractivity contribution in [2.24, 2.45) is 0 Å². The number of hydrogen-bond donors (Lipinski definition) is 3. The molecule has 3 N–H and O–H groups in total. The Morgan fingerprint density at radius 2 is 1.41 bits per heavy atom. The summed E-state index contributed by atoms with van der Waals surface area (Å²) in [6.45, 7) is 11.6. The van der Waals surface area contributed by atoms with Crippen molar-refractivity contribution in [1.82, 2.24) is 16.0 Å². The monoisotopic (exact) mass is 781 g/mol. The zero-order valence-corrected chi connectivity index (χ0v) is 33.0. The molecule has 14 heteroatoms. The third kappa shape index (κ3) is 16.6. The molecule has 56 heavy (non-hydrogen) atoms. The van der Waals surface area contributed by atoms with Crippen molar-refractivity contribution in [3.8, 4) is 0 Å². The van der Waals surface area contributed by atoms with Crippen LogP contribution in [0, 0.1) is 11.6 Å². The largest absolute Gasteiger partial charge is 0.452 e. The molecular formula is C42H53F2N3O9. The molecule has 0 bridgehead atoms. The number of halogens is 2. The number of amides is 3. The molecule has 3 atom stereocenters. The molecule has 0 aliphatic heterocycles. The van der Waals surface area contributed by atoms with Crippen LogP contribution in [-0.4, -0.2) is 72.4 Å². The number of esters is 1. The molecule has 12 nitrogen and oxygen atoms in total. The van der Waals surface area contributed by atoms with Gasteiger partial charge in [0.2, 0.25) is 0 Å². The molecule has 3 aromatic rings. The van der Waals surface area contributed by atoms with Crippen LogP contribution in [0.25, 0.3) is 0 Å². The molecule has 0 aliphatic carbocycles. The van der Waals surface area contributed by atoms with Crippen LogP contribution >= 0.6 is 0 Å². The minimum atomic E-state index is -1.47. The van der Waals surface area contributed by atoms with Crippen LogP contribution in [0.1, 0.15) is 88.4 Å². The van der Waals surface area contributed by atoms with Crippen molar-refractivity contribution in [2.45, 2.75) is 110 Å². The van der Waals surface area contributed by atoms with Crippen LogP contribution in [-0.2, 0) is 48.0 Å². The van der Waals surface area contributed by atoms with E-state index in [4.69, 9.17) is 18.9 Å². The standard InChI is InChI=1S/C42H53F2N3O9/c1-8-13-36(49)54-37(34(47-40(52)56-42(5,6)7)26-53-25-27-14-10-9-11-15-27)35(48)21-28-16-12-17-29(20-28)38(50)45-24-32(46-39(51)55-41(2,3)4)23-30-22-31(43)18-19-33(30)44/h9-12,14-20,22,32,34,37H,8,13,21,23-26H2,1-7H3,(H,45,50)(H,46,51)(H,47,52)/t32?,34-,37+/m1/s1. The highest BCUT2D eigenvalue weighted by Crippen LogP contribution is 2.17. The van der Waals surface area contributed by atoms with E-state index >= 15 is 0 Å². The molecule has 3 rings (SSSR count). The molecule has 0 fully saturated rings. The fourth-order valence-corrected chi connectivity index (χ4v) is 5.37. The second-order valence-electron chi connectivity index (χ2n) is 15.3. The van der Waals surface area contributed by atoms with E-state index in [9.17, 15) is 32.8 Å². The first kappa shape index (κ1) is 45.0. The average Bonchev–Trinajstić information content (AvgIpc) is 3.09. The van der Waals surface area contributed by atoms with Gasteiger partial charge < -0.3 is 34.9 Å². The van der Waals surface area contributed by atoms with Gasteiger partial charge in [-0.2, -0.15) is 0 Å². The van der Waals surface area contributed by atoms with Gasteiger partial charge in [-0.3, -0.25) is 14.4 Å². The lowest BCUT2D eigenvalue weighted by Crippen LogP contribution is -2.53. The number of benzene rings is 3. The van der Waals surface area contributed by atoms with Gasteiger partial charge >= 0.3 is 18.2 Å². The van der Waals surface area contributed by atoms with Crippen LogP contribution in [0.5, 0.6) is 0 Å². The van der Waals surface area contributed by atoms with Crippen LogP contribution in [0.2, 0.25) is 0 Å². The van der Waals surface area contributed by atoms with E-state index in [0.29, 0.717) is 12.0 Å². The van der Waals surface area contributed by atoms with Crippen molar-refractivity contribution in [3.05, 3.63) is 107 Å². The quantitative estimate of drug-likeness (QED) is 0.0937. The highest BCUT2D eigenvalue weighted by molar-refractivity contribution is 5.95. The SMILES string of the molecule is CCCC(=O)O[C@H](C(=O)Cc1cccc(C(=O)NCC(Cc2cc(F)ccc2F)NC(=O)OC(C)(C)C)c1)[C@@H](COCc1ccccc1)NC(=O)OC(C)(C)C. The van der Waals surface area contributed by atoms with Crippen molar-refractivity contribution in [2.75, 3.05) is 13.2 Å². The summed E-state index contributed by atoms with van der Waals surface area (Å²) in [5.74, 6) is -3.15. The lowest BCUT2D eigenvalue weighted by Gasteiger charge is -2.28. The Hall–Kier alpha value is -5.37. The summed E-state index contributed by atoms with van der Waals surface area (Å²) >= 11 is 0. The minimum Gasteiger partial charge on any atom is -0.452 e. The Labute approximate surface area is 327 Å². The summed E-state index contributed by atoms with van der Waals surface area (Å²) in [5, 5.41) is 7.96. The van der Waals surface area contributed by atoms with Crippen LogP contribution in [0.3, 0.4) is 0 Å². The molecule has 0 saturated carbocycles. The first-order valence-electron chi connectivity index (χ1n) is 18.5. The summed E-state index contributed by atoms with van der Waals surface area (Å²) in [4.78, 5) is 65.7. The second-order valence-corrected chi connectivity index (χ2v) is 15.3. The number of ketones is 1. The second kappa shape index (κ2) is 21.1. The number of carbonyl (C=O) groups excluding carboxylic acids is 5. The summed E-state index contributed by atoms with van der Waals surface area (Å²) in [6, 6.07) is 16.3. The van der Waals surface area contributed by atoms with E-state index in [-0.39, 0.29) is 50.1 Å². The van der Waals surface area contributed by atoms with Gasteiger partial charge in [-0.05, 0) is 101 Å². The Morgan fingerprint density at radius 1 is 0.768 bits per heavy atom. The highest BCUT2D eigenvalue weighted by atomic mass is 19.1. The smallest absolute Gasteiger partial charge is 0.408 e. The lowest BCUT2D eigenvalue weighted by atomic mass is 9.99. The van der Waals surface area contributed by atoms with E-state index in [0.717, 1.165) is 23.8 Å². The number of ether oxygens (including phenoxy) is 4. The summed E-state index contributed by atoms with van der Waals surface area (Å²) in [6.07, 6.45) is -3.10. The molecule has 0 saturated heterocycles. The molecule has 0 spiro atoms. The van der Waals surface area contributed by atoms with Gasteiger partial charge in [0.1, 0.15) is 22.8 Å². The third-order valence-corrected chi connectivity index (χ3v) is 7.78. The van der Waals surface area contributed by atoms with Crippen LogP contribution in [0.15, 0.2) is 72.8 Å². The number of alkyl carbamates (subject to hydrolysis) is 2. The maximum absolute atomic E-state index is 14.5. The third-order valence-electron chi connectivity index (χ3n) is 7.78. The number of hydrogen-bond acceptors (Lipinski definition) is 9. The Bertz CT molecular complexity index is 1790. The van der Waals surface area contributed by atoms with E-state index in [1.807, 2.05) is 30.3 Å². The molecule has 0 radical (unpaired) electrons. The Morgan fingerprint density at radius 3 is 2.05 bits per heavy atom. The molecule has 0 heterocycles. The van der Waals surface area contributed by atoms with Crippen molar-refractivity contribution in [3.63, 3.8) is 0 Å². The summed E-state index contributed by atoms with van der Waals surface area (Å²) in [7, 11) is 0. The van der Waals surface area contributed by atoms with Gasteiger partial charge in [-0.25, -0.2) is 18.4 Å². The fourth-order valence-electron chi connectivity index (χ4n) is 5.37. The predicted molar refractivity (Wildman–Crippen MR) is 205 cm³/mol. The Balaban J connectivity index is 1.81. The molecule has 3 aromatic carbocycles. The van der Waals surface area contributed by atoms with Gasteiger partial charge in [0, 0.05) is 24.9 Å². The van der Waals surface area contributed by atoms with E-state index < -0.39 is 70.9 Å². The first-order chi connectivity index (χ1) is 26.3. The highest BCUT2D eigenvalue weighted by Gasteiger charge is 2.35. The molecule has 304 valence electrons. The van der Waals surface area contributed by atoms with Crippen molar-refractivity contribution < 1.29 is 51.7 Å². The zero-order chi connectivity index (χ0) is 41.5. The van der Waals surface area contributed by atoms with Gasteiger partial charge in [0.15, 0.2) is 11.9 Å². The maximum Gasteiger partial charge on any atom is 0.408 e. The van der Waals surface area contributed by atoms with Gasteiger partial charge in [-0.1, -0.05) is 49.4 Å². The Kier molecular flexibility index (Phi) is 16.9. The number of nitrogens with one attached hydrogen (secondary N) is 3. The molecule has 1 unspecified atom stereocenters. The number of Topliss-reactive ketones (excluding diaryl/α,β-unsaturated/α-hetero) is 1. The van der Waals surface area contributed by atoms with E-state index in [1.165, 1.54) is 12.1 Å². The van der Waals surface area contributed by atoms with Crippen LogP contribution < -0.4 is 16.0 Å². The topological polar surface area (TPSA) is 158 Å². The maximum atomic E-state index is 14.5. The van der Waals surface area contributed by atoms with E-state index in [2.05, 4.69) is 16.0 Å². The molecule has 0 aromatic heterocycles. The predicted octanol–water partition coefficient (Wildman–Crippen LogP) is 6.76. The normalized spacial score (nSPS) is 13.1. The van der Waals surface area contributed by atoms with Crippen LogP contribution in [0.4, 0.5) is 18.4 Å².